The summed E-state index contributed by atoms with van der Waals surface area (Å²) in [6, 6.07) is 39.4. The summed E-state index contributed by atoms with van der Waals surface area (Å²) in [5.74, 6) is -0.284. The van der Waals surface area contributed by atoms with E-state index in [1.165, 1.54) is 0 Å². The van der Waals surface area contributed by atoms with E-state index in [0.717, 1.165) is 33.4 Å². The summed E-state index contributed by atoms with van der Waals surface area (Å²) in [6.45, 7) is 0. The van der Waals surface area contributed by atoms with Gasteiger partial charge in [0.15, 0.2) is 0 Å². The summed E-state index contributed by atoms with van der Waals surface area (Å²) in [5.41, 5.74) is 5.43. The number of aromatic nitrogens is 1. The molecule has 0 N–H and O–H groups in total. The highest BCUT2D eigenvalue weighted by Gasteiger charge is 2.20. The number of Topliss-reactive ketones (excluding diaryl/α,β-unsaturated/α-hetero) is 1. The van der Waals surface area contributed by atoms with E-state index >= 15 is 0 Å². The Bertz CT molecular complexity index is 1510. The molecule has 0 bridgehead atoms. The Balaban J connectivity index is 1.84. The minimum Gasteiger partial charge on any atom is -0.309 e. The molecule has 0 saturated heterocycles. The van der Waals surface area contributed by atoms with Crippen molar-refractivity contribution in [2.24, 2.45) is 0 Å². The molecule has 0 aliphatic carbocycles. The summed E-state index contributed by atoms with van der Waals surface area (Å²) in [7, 11) is 0. The molecule has 0 aliphatic heterocycles. The smallest absolute Gasteiger partial charge is 0.203 e. The molecule has 0 amide bonds. The maximum Gasteiger partial charge on any atom is 0.203 e. The van der Waals surface area contributed by atoms with Crippen LogP contribution in [0.25, 0.3) is 33.9 Å². The number of nitrogens with zero attached hydrogens (tertiary/aromatic N) is 2. The van der Waals surface area contributed by atoms with Gasteiger partial charge in [-0.2, -0.15) is 5.26 Å². The maximum atomic E-state index is 13.1. The van der Waals surface area contributed by atoms with E-state index in [0.29, 0.717) is 5.56 Å². The second-order valence-electron chi connectivity index (χ2n) is 7.68. The number of carbonyl (C=O) groups is 1. The van der Waals surface area contributed by atoms with E-state index in [4.69, 9.17) is 0 Å². The number of carbonyl (C=O) groups excluding carboxylic acids is 1. The number of ketones is 1. The van der Waals surface area contributed by atoms with Gasteiger partial charge in [0.25, 0.3) is 0 Å². The number of allylic oxidation sites excluding steroid dienone is 1. The summed E-state index contributed by atoms with van der Waals surface area (Å²) < 4.78 is 2.19. The number of rotatable bonds is 5. The lowest BCUT2D eigenvalue weighted by molar-refractivity contribution is 0.104. The fourth-order valence-electron chi connectivity index (χ4n) is 4.17. The Hall–Kier alpha value is -4.68. The third kappa shape index (κ3) is 3.75. The monoisotopic (exact) mass is 424 g/mol. The number of hydrogen-bond acceptors (Lipinski definition) is 2. The highest BCUT2D eigenvalue weighted by atomic mass is 16.1. The lowest BCUT2D eigenvalue weighted by atomic mass is 9.98. The molecule has 0 fully saturated rings. The van der Waals surface area contributed by atoms with Crippen molar-refractivity contribution in [1.82, 2.24) is 4.57 Å². The molecule has 1 aromatic heterocycles. The normalized spacial score (nSPS) is 11.3. The van der Waals surface area contributed by atoms with Crippen LogP contribution in [0.15, 0.2) is 121 Å². The second-order valence-corrected chi connectivity index (χ2v) is 7.68. The van der Waals surface area contributed by atoms with Crippen LogP contribution in [0.1, 0.15) is 15.9 Å². The zero-order chi connectivity index (χ0) is 22.6. The molecule has 0 unspecified atom stereocenters. The Kier molecular flexibility index (Phi) is 5.41. The van der Waals surface area contributed by atoms with E-state index < -0.39 is 0 Å². The molecule has 5 aromatic rings. The number of nitriles is 1. The number of hydrogen-bond donors (Lipinski definition) is 0. The average molecular weight is 425 g/mol. The first-order valence-electron chi connectivity index (χ1n) is 10.7. The first kappa shape index (κ1) is 20.2. The van der Waals surface area contributed by atoms with Crippen molar-refractivity contribution in [2.75, 3.05) is 0 Å². The van der Waals surface area contributed by atoms with Crippen molar-refractivity contribution in [1.29, 1.82) is 5.26 Å². The Morgan fingerprint density at radius 3 is 1.97 bits per heavy atom. The maximum absolute atomic E-state index is 13.1. The van der Waals surface area contributed by atoms with E-state index in [2.05, 4.69) is 41.0 Å². The van der Waals surface area contributed by atoms with Crippen molar-refractivity contribution in [3.05, 3.63) is 132 Å². The first-order valence-corrected chi connectivity index (χ1v) is 10.7. The Morgan fingerprint density at radius 1 is 0.727 bits per heavy atom. The minimum absolute atomic E-state index is 0.106. The van der Waals surface area contributed by atoms with Crippen LogP contribution in [0.4, 0.5) is 0 Å². The van der Waals surface area contributed by atoms with E-state index in [1.807, 2.05) is 60.7 Å². The highest BCUT2D eigenvalue weighted by molar-refractivity contribution is 6.15. The Morgan fingerprint density at radius 2 is 1.30 bits per heavy atom. The predicted molar refractivity (Wildman–Crippen MR) is 133 cm³/mol. The van der Waals surface area contributed by atoms with Gasteiger partial charge in [-0.05, 0) is 29.8 Å². The summed E-state index contributed by atoms with van der Waals surface area (Å²) in [6.07, 6.45) is 1.74. The molecule has 0 aliphatic rings. The molecular formula is C30H20N2O. The van der Waals surface area contributed by atoms with Gasteiger partial charge >= 0.3 is 0 Å². The zero-order valence-corrected chi connectivity index (χ0v) is 17.8. The summed E-state index contributed by atoms with van der Waals surface area (Å²) in [5, 5.41) is 10.9. The van der Waals surface area contributed by atoms with Crippen LogP contribution >= 0.6 is 0 Å². The molecule has 3 nitrogen and oxygen atoms in total. The lowest BCUT2D eigenvalue weighted by Gasteiger charge is -2.12. The molecule has 0 radical (unpaired) electrons. The van der Waals surface area contributed by atoms with Crippen molar-refractivity contribution in [2.45, 2.75) is 0 Å². The molecule has 33 heavy (non-hydrogen) atoms. The zero-order valence-electron chi connectivity index (χ0n) is 17.8. The van der Waals surface area contributed by atoms with Crippen LogP contribution in [0.2, 0.25) is 0 Å². The topological polar surface area (TPSA) is 45.8 Å². The number of benzene rings is 4. The summed E-state index contributed by atoms with van der Waals surface area (Å²) >= 11 is 0. The molecule has 1 heterocycles. The van der Waals surface area contributed by atoms with Crippen LogP contribution in [0.5, 0.6) is 0 Å². The third-order valence-corrected chi connectivity index (χ3v) is 5.67. The SMILES string of the molecule is N#CC(=Cc1c(-c2ccccc2)n(-c2ccccc2)c2ccccc12)C(=O)c1ccccc1. The average Bonchev–Trinajstić information content (AvgIpc) is 3.22. The van der Waals surface area contributed by atoms with Crippen LogP contribution in [-0.4, -0.2) is 10.4 Å². The predicted octanol–water partition coefficient (Wildman–Crippen LogP) is 7.09. The fourth-order valence-corrected chi connectivity index (χ4v) is 4.17. The van der Waals surface area contributed by atoms with Crippen molar-refractivity contribution in [3.63, 3.8) is 0 Å². The molecule has 0 saturated carbocycles. The van der Waals surface area contributed by atoms with Gasteiger partial charge in [0.2, 0.25) is 5.78 Å². The van der Waals surface area contributed by atoms with Gasteiger partial charge in [0.1, 0.15) is 11.6 Å². The van der Waals surface area contributed by atoms with E-state index in [1.54, 1.807) is 30.3 Å². The summed E-state index contributed by atoms with van der Waals surface area (Å²) in [4.78, 5) is 13.1. The molecule has 5 rings (SSSR count). The van der Waals surface area contributed by atoms with E-state index in [-0.39, 0.29) is 11.4 Å². The number of fused-ring (bicyclic) bond motifs is 1. The molecule has 0 spiro atoms. The quantitative estimate of drug-likeness (QED) is 0.172. The van der Waals surface area contributed by atoms with Crippen LogP contribution in [0, 0.1) is 11.3 Å². The largest absolute Gasteiger partial charge is 0.309 e. The van der Waals surface area contributed by atoms with Gasteiger partial charge in [-0.25, -0.2) is 0 Å². The first-order chi connectivity index (χ1) is 16.3. The molecule has 0 atom stereocenters. The van der Waals surface area contributed by atoms with Crippen LogP contribution in [-0.2, 0) is 0 Å². The standard InChI is InChI=1S/C30H20N2O/c31-21-24(30(33)23-14-6-2-7-15-23)20-27-26-18-10-11-19-28(26)32(25-16-8-3-9-17-25)29(27)22-12-4-1-5-13-22/h1-20H. The van der Waals surface area contributed by atoms with Crippen molar-refractivity contribution in [3.8, 4) is 23.0 Å². The van der Waals surface area contributed by atoms with Crippen LogP contribution < -0.4 is 0 Å². The highest BCUT2D eigenvalue weighted by Crippen LogP contribution is 2.38. The van der Waals surface area contributed by atoms with Crippen molar-refractivity contribution < 1.29 is 4.79 Å². The van der Waals surface area contributed by atoms with Gasteiger partial charge in [0.05, 0.1) is 11.2 Å². The van der Waals surface area contributed by atoms with Gasteiger partial charge in [-0.1, -0.05) is 97.1 Å². The Labute approximate surface area is 192 Å². The molecule has 156 valence electrons. The van der Waals surface area contributed by atoms with E-state index in [9.17, 15) is 10.1 Å². The van der Waals surface area contributed by atoms with Crippen molar-refractivity contribution >= 4 is 22.8 Å². The van der Waals surface area contributed by atoms with Gasteiger partial charge < -0.3 is 4.57 Å². The lowest BCUT2D eigenvalue weighted by Crippen LogP contribution is -2.02. The van der Waals surface area contributed by atoms with Gasteiger partial charge in [0, 0.05) is 22.2 Å². The van der Waals surface area contributed by atoms with Gasteiger partial charge in [-0.15, -0.1) is 0 Å². The molecule has 3 heteroatoms. The molecular weight excluding hydrogens is 404 g/mol. The third-order valence-electron chi connectivity index (χ3n) is 5.67. The molecule has 4 aromatic carbocycles. The van der Waals surface area contributed by atoms with Gasteiger partial charge in [-0.3, -0.25) is 4.79 Å². The second kappa shape index (κ2) is 8.82. The number of para-hydroxylation sites is 2. The van der Waals surface area contributed by atoms with Crippen LogP contribution in [0.3, 0.4) is 0 Å². The fraction of sp³-hybridized carbons (Fsp3) is 0. The minimum atomic E-state index is -0.284.